The molecule has 0 spiro atoms. The molecule has 24 heavy (non-hydrogen) atoms. The SMILES string of the molecule is Cl.O=C(NCC1CCCNC1)C(c1ccccc1)c1ccccc1. The van der Waals surface area contributed by atoms with Crippen LogP contribution in [0.3, 0.4) is 0 Å². The third kappa shape index (κ3) is 4.83. The van der Waals surface area contributed by atoms with Gasteiger partial charge in [-0.1, -0.05) is 60.7 Å². The lowest BCUT2D eigenvalue weighted by Crippen LogP contribution is -2.39. The zero-order valence-electron chi connectivity index (χ0n) is 13.8. The second-order valence-corrected chi connectivity index (χ2v) is 6.21. The summed E-state index contributed by atoms with van der Waals surface area (Å²) in [4.78, 5) is 12.9. The normalized spacial score (nSPS) is 17.1. The van der Waals surface area contributed by atoms with Crippen molar-refractivity contribution in [2.45, 2.75) is 18.8 Å². The summed E-state index contributed by atoms with van der Waals surface area (Å²) in [5.74, 6) is 0.391. The van der Waals surface area contributed by atoms with Gasteiger partial charge in [-0.25, -0.2) is 0 Å². The molecule has 0 radical (unpaired) electrons. The first-order valence-electron chi connectivity index (χ1n) is 8.43. The molecule has 0 bridgehead atoms. The fourth-order valence-electron chi connectivity index (χ4n) is 3.23. The number of rotatable bonds is 5. The highest BCUT2D eigenvalue weighted by atomic mass is 35.5. The Morgan fingerprint density at radius 3 is 2.12 bits per heavy atom. The quantitative estimate of drug-likeness (QED) is 0.873. The van der Waals surface area contributed by atoms with E-state index in [0.29, 0.717) is 5.92 Å². The average Bonchev–Trinajstić information content (AvgIpc) is 2.63. The summed E-state index contributed by atoms with van der Waals surface area (Å²) in [6.45, 7) is 2.85. The summed E-state index contributed by atoms with van der Waals surface area (Å²) in [6, 6.07) is 20.0. The Balaban J connectivity index is 0.00000208. The van der Waals surface area contributed by atoms with Crippen molar-refractivity contribution >= 4 is 18.3 Å². The molecule has 3 nitrogen and oxygen atoms in total. The van der Waals surface area contributed by atoms with Crippen molar-refractivity contribution in [2.75, 3.05) is 19.6 Å². The third-order valence-electron chi connectivity index (χ3n) is 4.49. The van der Waals surface area contributed by atoms with Crippen LogP contribution in [-0.4, -0.2) is 25.5 Å². The van der Waals surface area contributed by atoms with Crippen LogP contribution in [0.25, 0.3) is 0 Å². The van der Waals surface area contributed by atoms with Crippen molar-refractivity contribution in [3.8, 4) is 0 Å². The van der Waals surface area contributed by atoms with Gasteiger partial charge in [-0.2, -0.15) is 0 Å². The molecule has 1 saturated heterocycles. The third-order valence-corrected chi connectivity index (χ3v) is 4.49. The van der Waals surface area contributed by atoms with E-state index in [1.54, 1.807) is 0 Å². The average molecular weight is 345 g/mol. The minimum atomic E-state index is -0.242. The summed E-state index contributed by atoms with van der Waals surface area (Å²) in [5, 5.41) is 6.57. The van der Waals surface area contributed by atoms with Gasteiger partial charge < -0.3 is 10.6 Å². The minimum absolute atomic E-state index is 0. The molecule has 4 heteroatoms. The van der Waals surface area contributed by atoms with Crippen molar-refractivity contribution in [3.63, 3.8) is 0 Å². The molecule has 1 fully saturated rings. The van der Waals surface area contributed by atoms with Crippen LogP contribution in [0.4, 0.5) is 0 Å². The number of benzene rings is 2. The highest BCUT2D eigenvalue weighted by Gasteiger charge is 2.23. The van der Waals surface area contributed by atoms with Gasteiger partial charge in [0, 0.05) is 6.54 Å². The number of nitrogens with one attached hydrogen (secondary N) is 2. The van der Waals surface area contributed by atoms with Crippen molar-refractivity contribution in [1.29, 1.82) is 0 Å². The van der Waals surface area contributed by atoms with E-state index < -0.39 is 0 Å². The van der Waals surface area contributed by atoms with Crippen LogP contribution >= 0.6 is 12.4 Å². The van der Waals surface area contributed by atoms with E-state index in [4.69, 9.17) is 0 Å². The maximum absolute atomic E-state index is 12.9. The van der Waals surface area contributed by atoms with Gasteiger partial charge in [0.1, 0.15) is 0 Å². The number of carbonyl (C=O) groups is 1. The largest absolute Gasteiger partial charge is 0.355 e. The van der Waals surface area contributed by atoms with E-state index in [1.807, 2.05) is 60.7 Å². The zero-order valence-corrected chi connectivity index (χ0v) is 14.6. The molecular formula is C20H25ClN2O. The van der Waals surface area contributed by atoms with E-state index >= 15 is 0 Å². The lowest BCUT2D eigenvalue weighted by molar-refractivity contribution is -0.121. The minimum Gasteiger partial charge on any atom is -0.355 e. The van der Waals surface area contributed by atoms with Crippen molar-refractivity contribution in [2.24, 2.45) is 5.92 Å². The predicted octanol–water partition coefficient (Wildman–Crippen LogP) is 3.36. The number of piperidine rings is 1. The van der Waals surface area contributed by atoms with Gasteiger partial charge in [-0.3, -0.25) is 4.79 Å². The Morgan fingerprint density at radius 1 is 1.04 bits per heavy atom. The lowest BCUT2D eigenvalue weighted by Gasteiger charge is -2.24. The Bertz CT molecular complexity index is 573. The summed E-state index contributed by atoms with van der Waals surface area (Å²) >= 11 is 0. The molecule has 0 aliphatic carbocycles. The zero-order chi connectivity index (χ0) is 15.9. The molecule has 1 heterocycles. The highest BCUT2D eigenvalue weighted by Crippen LogP contribution is 2.24. The summed E-state index contributed by atoms with van der Waals surface area (Å²) in [6.07, 6.45) is 2.38. The highest BCUT2D eigenvalue weighted by molar-refractivity contribution is 5.87. The predicted molar refractivity (Wildman–Crippen MR) is 101 cm³/mol. The van der Waals surface area contributed by atoms with Crippen LogP contribution in [0, 0.1) is 5.92 Å². The van der Waals surface area contributed by atoms with Crippen LogP contribution in [0.15, 0.2) is 60.7 Å². The van der Waals surface area contributed by atoms with Crippen LogP contribution in [-0.2, 0) is 4.79 Å². The van der Waals surface area contributed by atoms with E-state index in [1.165, 1.54) is 12.8 Å². The molecule has 0 aromatic heterocycles. The Kier molecular flexibility index (Phi) is 7.29. The van der Waals surface area contributed by atoms with Crippen molar-refractivity contribution in [3.05, 3.63) is 71.8 Å². The van der Waals surface area contributed by atoms with Gasteiger partial charge in [0.15, 0.2) is 0 Å². The molecule has 1 aliphatic heterocycles. The first-order chi connectivity index (χ1) is 11.3. The standard InChI is InChI=1S/C20H24N2O.ClH/c23-20(22-15-16-8-7-13-21-14-16)19(17-9-3-1-4-10-17)18-11-5-2-6-12-18;/h1-6,9-12,16,19,21H,7-8,13-15H2,(H,22,23);1H. The van der Waals surface area contributed by atoms with Gasteiger partial charge in [-0.05, 0) is 43.0 Å². The smallest absolute Gasteiger partial charge is 0.232 e. The molecule has 128 valence electrons. The Morgan fingerprint density at radius 2 is 1.62 bits per heavy atom. The summed E-state index contributed by atoms with van der Waals surface area (Å²) in [7, 11) is 0. The van der Waals surface area contributed by atoms with E-state index in [2.05, 4.69) is 10.6 Å². The van der Waals surface area contributed by atoms with E-state index in [-0.39, 0.29) is 24.2 Å². The molecule has 2 N–H and O–H groups in total. The lowest BCUT2D eigenvalue weighted by atomic mass is 9.90. The molecule has 3 rings (SSSR count). The summed E-state index contributed by atoms with van der Waals surface area (Å²) < 4.78 is 0. The molecule has 0 saturated carbocycles. The summed E-state index contributed by atoms with van der Waals surface area (Å²) in [5.41, 5.74) is 2.08. The van der Waals surface area contributed by atoms with Gasteiger partial charge in [0.2, 0.25) is 5.91 Å². The van der Waals surface area contributed by atoms with E-state index in [0.717, 1.165) is 30.8 Å². The number of hydrogen-bond donors (Lipinski definition) is 2. The fourth-order valence-corrected chi connectivity index (χ4v) is 3.23. The number of carbonyl (C=O) groups excluding carboxylic acids is 1. The Labute approximate surface area is 150 Å². The Hall–Kier alpha value is -1.84. The van der Waals surface area contributed by atoms with Gasteiger partial charge in [0.05, 0.1) is 5.92 Å². The molecule has 1 amide bonds. The number of amides is 1. The van der Waals surface area contributed by atoms with Crippen LogP contribution in [0.2, 0.25) is 0 Å². The molecular weight excluding hydrogens is 320 g/mol. The molecule has 2 aromatic rings. The maximum Gasteiger partial charge on any atom is 0.232 e. The maximum atomic E-state index is 12.9. The van der Waals surface area contributed by atoms with Crippen LogP contribution in [0.5, 0.6) is 0 Å². The van der Waals surface area contributed by atoms with Gasteiger partial charge in [0.25, 0.3) is 0 Å². The van der Waals surface area contributed by atoms with Crippen molar-refractivity contribution < 1.29 is 4.79 Å². The fraction of sp³-hybridized carbons (Fsp3) is 0.350. The molecule has 1 unspecified atom stereocenters. The number of halogens is 1. The second-order valence-electron chi connectivity index (χ2n) is 6.21. The molecule has 1 atom stereocenters. The second kappa shape index (κ2) is 9.45. The van der Waals surface area contributed by atoms with Crippen LogP contribution in [0.1, 0.15) is 29.9 Å². The first-order valence-corrected chi connectivity index (χ1v) is 8.43. The van der Waals surface area contributed by atoms with Gasteiger partial charge in [-0.15, -0.1) is 12.4 Å². The van der Waals surface area contributed by atoms with Crippen molar-refractivity contribution in [1.82, 2.24) is 10.6 Å². The van der Waals surface area contributed by atoms with Gasteiger partial charge >= 0.3 is 0 Å². The molecule has 2 aromatic carbocycles. The first kappa shape index (κ1) is 18.5. The monoisotopic (exact) mass is 344 g/mol. The number of hydrogen-bond acceptors (Lipinski definition) is 2. The van der Waals surface area contributed by atoms with E-state index in [9.17, 15) is 4.79 Å². The topological polar surface area (TPSA) is 41.1 Å². The molecule has 1 aliphatic rings. The van der Waals surface area contributed by atoms with Crippen LogP contribution < -0.4 is 10.6 Å².